The highest BCUT2D eigenvalue weighted by molar-refractivity contribution is 5.35. The average Bonchev–Trinajstić information content (AvgIpc) is 2.57. The van der Waals surface area contributed by atoms with E-state index in [4.69, 9.17) is 4.74 Å². The predicted octanol–water partition coefficient (Wildman–Crippen LogP) is 2.54. The molecule has 0 aliphatic carbocycles. The van der Waals surface area contributed by atoms with Crippen molar-refractivity contribution >= 4 is 0 Å². The van der Waals surface area contributed by atoms with E-state index >= 15 is 0 Å². The van der Waals surface area contributed by atoms with Crippen LogP contribution in [-0.2, 0) is 6.42 Å². The van der Waals surface area contributed by atoms with Crippen molar-refractivity contribution in [1.29, 1.82) is 0 Å². The van der Waals surface area contributed by atoms with Gasteiger partial charge in [0.05, 0.1) is 18.5 Å². The minimum atomic E-state index is 0.506. The summed E-state index contributed by atoms with van der Waals surface area (Å²) in [6, 6.07) is 8.05. The van der Waals surface area contributed by atoms with E-state index in [0.717, 1.165) is 42.2 Å². The molecule has 0 bridgehead atoms. The van der Waals surface area contributed by atoms with Crippen LogP contribution in [0.4, 0.5) is 0 Å². The fourth-order valence-corrected chi connectivity index (χ4v) is 2.82. The van der Waals surface area contributed by atoms with Crippen molar-refractivity contribution in [2.24, 2.45) is 0 Å². The molecule has 21 heavy (non-hydrogen) atoms. The van der Waals surface area contributed by atoms with Gasteiger partial charge in [-0.25, -0.2) is 0 Å². The molecule has 1 aromatic heterocycles. The molecule has 110 valence electrons. The lowest BCUT2D eigenvalue weighted by atomic mass is 9.96. The highest BCUT2D eigenvalue weighted by Gasteiger charge is 2.16. The second-order valence-electron chi connectivity index (χ2n) is 5.46. The van der Waals surface area contributed by atoms with Crippen LogP contribution >= 0.6 is 0 Å². The van der Waals surface area contributed by atoms with Crippen molar-refractivity contribution in [3.8, 4) is 5.75 Å². The Labute approximate surface area is 125 Å². The van der Waals surface area contributed by atoms with E-state index in [0.29, 0.717) is 5.92 Å². The molecule has 1 aromatic carbocycles. The molecule has 3 rings (SSSR count). The Morgan fingerprint density at radius 2 is 2.14 bits per heavy atom. The molecule has 0 spiro atoms. The van der Waals surface area contributed by atoms with Crippen molar-refractivity contribution in [1.82, 2.24) is 15.3 Å². The number of nitrogens with one attached hydrogen (secondary N) is 1. The Morgan fingerprint density at radius 1 is 1.24 bits per heavy atom. The van der Waals surface area contributed by atoms with Gasteiger partial charge in [-0.15, -0.1) is 0 Å². The summed E-state index contributed by atoms with van der Waals surface area (Å²) in [7, 11) is 1.70. The SMILES string of the molecule is COc1ccccc1Cc1cnc([C@@H]2CCCNC2)cn1. The van der Waals surface area contributed by atoms with Crippen molar-refractivity contribution in [3.05, 3.63) is 53.6 Å². The summed E-state index contributed by atoms with van der Waals surface area (Å²) in [5, 5.41) is 3.42. The van der Waals surface area contributed by atoms with Gasteiger partial charge in [0.15, 0.2) is 0 Å². The van der Waals surface area contributed by atoms with Crippen molar-refractivity contribution in [2.45, 2.75) is 25.2 Å². The van der Waals surface area contributed by atoms with Gasteiger partial charge in [0.1, 0.15) is 5.75 Å². The topological polar surface area (TPSA) is 47.0 Å². The molecule has 1 atom stereocenters. The van der Waals surface area contributed by atoms with E-state index in [9.17, 15) is 0 Å². The summed E-state index contributed by atoms with van der Waals surface area (Å²) < 4.78 is 5.38. The Morgan fingerprint density at radius 3 is 2.86 bits per heavy atom. The summed E-state index contributed by atoms with van der Waals surface area (Å²) in [4.78, 5) is 9.19. The molecule has 1 aliphatic heterocycles. The largest absolute Gasteiger partial charge is 0.496 e. The molecule has 4 nitrogen and oxygen atoms in total. The molecule has 4 heteroatoms. The molecule has 1 fully saturated rings. The minimum Gasteiger partial charge on any atom is -0.496 e. The van der Waals surface area contributed by atoms with Gasteiger partial charge < -0.3 is 10.1 Å². The standard InChI is InChI=1S/C17H21N3O/c1-21-17-7-3-2-5-13(17)9-15-11-20-16(12-19-15)14-6-4-8-18-10-14/h2-3,5,7,11-12,14,18H,4,6,8-10H2,1H3/t14-/m1/s1. The van der Waals surface area contributed by atoms with E-state index in [2.05, 4.69) is 21.4 Å². The number of hydrogen-bond donors (Lipinski definition) is 1. The lowest BCUT2D eigenvalue weighted by molar-refractivity contribution is 0.410. The molecular weight excluding hydrogens is 262 g/mol. The molecule has 1 saturated heterocycles. The zero-order valence-corrected chi connectivity index (χ0v) is 12.4. The van der Waals surface area contributed by atoms with E-state index in [1.165, 1.54) is 12.8 Å². The Kier molecular flexibility index (Phi) is 4.46. The van der Waals surface area contributed by atoms with Gasteiger partial charge in [-0.05, 0) is 25.5 Å². The molecular formula is C17H21N3O. The normalized spacial score (nSPS) is 18.4. The highest BCUT2D eigenvalue weighted by atomic mass is 16.5. The third kappa shape index (κ3) is 3.39. The maximum absolute atomic E-state index is 5.38. The molecule has 2 heterocycles. The van der Waals surface area contributed by atoms with Crippen LogP contribution in [0.5, 0.6) is 5.75 Å². The zero-order valence-electron chi connectivity index (χ0n) is 12.4. The first-order valence-corrected chi connectivity index (χ1v) is 7.50. The Hall–Kier alpha value is -1.94. The Bertz CT molecular complexity index is 577. The van der Waals surface area contributed by atoms with Crippen molar-refractivity contribution < 1.29 is 4.74 Å². The van der Waals surface area contributed by atoms with Crippen LogP contribution < -0.4 is 10.1 Å². The van der Waals surface area contributed by atoms with E-state index < -0.39 is 0 Å². The molecule has 1 N–H and O–H groups in total. The van der Waals surface area contributed by atoms with Crippen LogP contribution in [0.2, 0.25) is 0 Å². The predicted molar refractivity (Wildman–Crippen MR) is 82.7 cm³/mol. The van der Waals surface area contributed by atoms with Crippen LogP contribution in [0.1, 0.15) is 35.7 Å². The average molecular weight is 283 g/mol. The van der Waals surface area contributed by atoms with E-state index in [-0.39, 0.29) is 0 Å². The van der Waals surface area contributed by atoms with Crippen molar-refractivity contribution in [2.75, 3.05) is 20.2 Å². The highest BCUT2D eigenvalue weighted by Crippen LogP contribution is 2.22. The van der Waals surface area contributed by atoms with Gasteiger partial charge in [-0.1, -0.05) is 18.2 Å². The first-order valence-electron chi connectivity index (χ1n) is 7.50. The third-order valence-corrected chi connectivity index (χ3v) is 4.00. The van der Waals surface area contributed by atoms with E-state index in [1.54, 1.807) is 7.11 Å². The van der Waals surface area contributed by atoms with Gasteiger partial charge in [0.25, 0.3) is 0 Å². The summed E-state index contributed by atoms with van der Waals surface area (Å²) in [6.07, 6.45) is 7.00. The van der Waals surface area contributed by atoms with Crippen LogP contribution in [0.15, 0.2) is 36.7 Å². The summed E-state index contributed by atoms with van der Waals surface area (Å²) in [5.41, 5.74) is 3.22. The summed E-state index contributed by atoms with van der Waals surface area (Å²) in [6.45, 7) is 2.14. The fraction of sp³-hybridized carbons (Fsp3) is 0.412. The summed E-state index contributed by atoms with van der Waals surface area (Å²) >= 11 is 0. The quantitative estimate of drug-likeness (QED) is 0.936. The second kappa shape index (κ2) is 6.68. The zero-order chi connectivity index (χ0) is 14.5. The lowest BCUT2D eigenvalue weighted by Crippen LogP contribution is -2.28. The number of para-hydroxylation sites is 1. The van der Waals surface area contributed by atoms with Crippen LogP contribution in [0.3, 0.4) is 0 Å². The molecule has 0 saturated carbocycles. The van der Waals surface area contributed by atoms with Gasteiger partial charge in [0.2, 0.25) is 0 Å². The molecule has 0 radical (unpaired) electrons. The van der Waals surface area contributed by atoms with Gasteiger partial charge in [-0.3, -0.25) is 9.97 Å². The minimum absolute atomic E-state index is 0.506. The van der Waals surface area contributed by atoms with Crippen LogP contribution in [-0.4, -0.2) is 30.2 Å². The number of rotatable bonds is 4. The number of benzene rings is 1. The van der Waals surface area contributed by atoms with Gasteiger partial charge >= 0.3 is 0 Å². The smallest absolute Gasteiger partial charge is 0.122 e. The number of aromatic nitrogens is 2. The Balaban J connectivity index is 1.72. The van der Waals surface area contributed by atoms with Crippen LogP contribution in [0.25, 0.3) is 0 Å². The lowest BCUT2D eigenvalue weighted by Gasteiger charge is -2.21. The van der Waals surface area contributed by atoms with Crippen LogP contribution in [0, 0.1) is 0 Å². The number of nitrogens with zero attached hydrogens (tertiary/aromatic N) is 2. The second-order valence-corrected chi connectivity index (χ2v) is 5.46. The molecule has 2 aromatic rings. The van der Waals surface area contributed by atoms with E-state index in [1.807, 2.05) is 30.6 Å². The monoisotopic (exact) mass is 283 g/mol. The maximum atomic E-state index is 5.38. The fourth-order valence-electron chi connectivity index (χ4n) is 2.82. The number of ether oxygens (including phenoxy) is 1. The number of hydrogen-bond acceptors (Lipinski definition) is 4. The molecule has 0 unspecified atom stereocenters. The third-order valence-electron chi connectivity index (χ3n) is 4.00. The first-order chi connectivity index (χ1) is 10.4. The van der Waals surface area contributed by atoms with Crippen molar-refractivity contribution in [3.63, 3.8) is 0 Å². The van der Waals surface area contributed by atoms with Gasteiger partial charge in [-0.2, -0.15) is 0 Å². The first kappa shape index (κ1) is 14.0. The summed E-state index contributed by atoms with van der Waals surface area (Å²) in [5.74, 6) is 1.41. The van der Waals surface area contributed by atoms with Gasteiger partial charge in [0, 0.05) is 36.8 Å². The number of piperidine rings is 1. The molecule has 1 aliphatic rings. The number of methoxy groups -OCH3 is 1. The molecule has 0 amide bonds. The maximum Gasteiger partial charge on any atom is 0.122 e.